The lowest BCUT2D eigenvalue weighted by atomic mass is 10.0. The van der Waals surface area contributed by atoms with Gasteiger partial charge in [0, 0.05) is 59.9 Å². The van der Waals surface area contributed by atoms with Crippen LogP contribution >= 0.6 is 11.6 Å². The molecule has 7 nitrogen and oxygen atoms in total. The van der Waals surface area contributed by atoms with Crippen LogP contribution in [0.3, 0.4) is 0 Å². The van der Waals surface area contributed by atoms with E-state index in [0.717, 1.165) is 54.4 Å². The van der Waals surface area contributed by atoms with Crippen molar-refractivity contribution in [1.29, 1.82) is 0 Å². The van der Waals surface area contributed by atoms with E-state index in [2.05, 4.69) is 29.0 Å². The molecule has 2 fully saturated rings. The summed E-state index contributed by atoms with van der Waals surface area (Å²) < 4.78 is 5.84. The van der Waals surface area contributed by atoms with Crippen molar-refractivity contribution in [3.8, 4) is 0 Å². The van der Waals surface area contributed by atoms with Crippen molar-refractivity contribution in [2.24, 2.45) is 0 Å². The lowest BCUT2D eigenvalue weighted by molar-refractivity contribution is -0.110. The Bertz CT molecular complexity index is 1150. The Kier molecular flexibility index (Phi) is 5.59. The van der Waals surface area contributed by atoms with Crippen LogP contribution in [-0.2, 0) is 9.53 Å². The number of morpholine rings is 1. The molecule has 3 aliphatic heterocycles. The first kappa shape index (κ1) is 22.2. The predicted octanol–water partition coefficient (Wildman–Crippen LogP) is 3.71. The smallest absolute Gasteiger partial charge is 0.256 e. The van der Waals surface area contributed by atoms with Crippen molar-refractivity contribution < 1.29 is 14.3 Å². The lowest BCUT2D eigenvalue weighted by Crippen LogP contribution is -2.64. The minimum atomic E-state index is -0.175. The summed E-state index contributed by atoms with van der Waals surface area (Å²) in [7, 11) is 0. The van der Waals surface area contributed by atoms with Gasteiger partial charge in [-0.1, -0.05) is 11.6 Å². The van der Waals surface area contributed by atoms with Crippen LogP contribution in [0.1, 0.15) is 46.7 Å². The van der Waals surface area contributed by atoms with Gasteiger partial charge in [-0.15, -0.1) is 0 Å². The molecule has 2 aromatic rings. The van der Waals surface area contributed by atoms with Crippen molar-refractivity contribution in [1.82, 2.24) is 14.8 Å². The first-order valence-corrected chi connectivity index (χ1v) is 11.8. The van der Waals surface area contributed by atoms with Gasteiger partial charge in [0.25, 0.3) is 11.8 Å². The molecule has 0 unspecified atom stereocenters. The molecule has 0 aliphatic carbocycles. The molecular weight excluding hydrogens is 440 g/mol. The molecule has 33 heavy (non-hydrogen) atoms. The van der Waals surface area contributed by atoms with Crippen LogP contribution in [0.4, 0.5) is 5.69 Å². The third-order valence-electron chi connectivity index (χ3n) is 6.86. The number of H-pyrrole nitrogens is 1. The quantitative estimate of drug-likeness (QED) is 0.673. The van der Waals surface area contributed by atoms with Gasteiger partial charge < -0.3 is 19.9 Å². The van der Waals surface area contributed by atoms with E-state index in [4.69, 9.17) is 16.3 Å². The topological polar surface area (TPSA) is 77.7 Å². The van der Waals surface area contributed by atoms with Gasteiger partial charge in [0.2, 0.25) is 0 Å². The number of benzene rings is 1. The van der Waals surface area contributed by atoms with Crippen LogP contribution in [-0.4, -0.2) is 71.0 Å². The molecule has 8 heteroatoms. The average Bonchev–Trinajstić information content (AvgIpc) is 3.15. The van der Waals surface area contributed by atoms with Gasteiger partial charge in [-0.3, -0.25) is 14.5 Å². The zero-order valence-electron chi connectivity index (χ0n) is 19.4. The van der Waals surface area contributed by atoms with E-state index in [0.29, 0.717) is 22.2 Å². The Hall–Kier alpha value is -2.61. The van der Waals surface area contributed by atoms with Gasteiger partial charge in [0.15, 0.2) is 0 Å². The Morgan fingerprint density at radius 3 is 2.55 bits per heavy atom. The minimum absolute atomic E-state index is 0.0378. The highest BCUT2D eigenvalue weighted by molar-refractivity contribution is 6.36. The number of hydrogen-bond acceptors (Lipinski definition) is 4. The van der Waals surface area contributed by atoms with E-state index in [1.54, 1.807) is 18.2 Å². The van der Waals surface area contributed by atoms with E-state index in [1.807, 2.05) is 24.8 Å². The SMILES string of the molecule is Cc1[nH]c(/C=C2\C(=O)Nc3ccc(Cl)cc32)c(C)c1C(=O)N1CC(N2C[C@@H](C)O[C@@H](C)C2)C1. The standard InChI is InChI=1S/C25H29ClN4O3/c1-13-9-29(10-14(2)33-13)18-11-30(12-18)25(32)23-15(3)22(27-16(23)4)8-20-19-7-17(26)5-6-21(19)28-24(20)31/h5-8,13-14,18,27H,9-12H2,1-4H3,(H,28,31)/b20-8-/t13-,14+. The fourth-order valence-corrected chi connectivity index (χ4v) is 5.39. The Morgan fingerprint density at radius 2 is 1.85 bits per heavy atom. The highest BCUT2D eigenvalue weighted by Gasteiger charge is 2.39. The maximum atomic E-state index is 13.3. The summed E-state index contributed by atoms with van der Waals surface area (Å²) in [4.78, 5) is 33.5. The normalized spacial score (nSPS) is 24.7. The lowest BCUT2D eigenvalue weighted by Gasteiger charge is -2.48. The molecule has 4 heterocycles. The zero-order chi connectivity index (χ0) is 23.4. The molecule has 2 amide bonds. The highest BCUT2D eigenvalue weighted by atomic mass is 35.5. The van der Waals surface area contributed by atoms with E-state index < -0.39 is 0 Å². The van der Waals surface area contributed by atoms with Crippen LogP contribution in [0, 0.1) is 13.8 Å². The van der Waals surface area contributed by atoms with Crippen molar-refractivity contribution in [3.63, 3.8) is 0 Å². The highest BCUT2D eigenvalue weighted by Crippen LogP contribution is 2.36. The van der Waals surface area contributed by atoms with Gasteiger partial charge in [-0.2, -0.15) is 0 Å². The number of halogens is 1. The molecule has 174 valence electrons. The number of rotatable bonds is 3. The molecule has 0 saturated carbocycles. The molecule has 2 atom stereocenters. The summed E-state index contributed by atoms with van der Waals surface area (Å²) in [6.45, 7) is 11.3. The third kappa shape index (κ3) is 3.98. The number of aromatic nitrogens is 1. The molecule has 2 saturated heterocycles. The Balaban J connectivity index is 1.34. The molecule has 5 rings (SSSR count). The number of carbonyl (C=O) groups is 2. The number of fused-ring (bicyclic) bond motifs is 1. The summed E-state index contributed by atoms with van der Waals surface area (Å²) in [5.74, 6) is -0.137. The van der Waals surface area contributed by atoms with Crippen molar-refractivity contribution >= 4 is 40.8 Å². The summed E-state index contributed by atoms with van der Waals surface area (Å²) in [6, 6.07) is 5.72. The van der Waals surface area contributed by atoms with E-state index in [-0.39, 0.29) is 24.0 Å². The van der Waals surface area contributed by atoms with Gasteiger partial charge in [0.1, 0.15) is 0 Å². The summed E-state index contributed by atoms with van der Waals surface area (Å²) in [5, 5.41) is 3.44. The number of ether oxygens (including phenoxy) is 1. The van der Waals surface area contributed by atoms with Crippen LogP contribution in [0.15, 0.2) is 18.2 Å². The maximum Gasteiger partial charge on any atom is 0.256 e. The van der Waals surface area contributed by atoms with Gasteiger partial charge in [-0.05, 0) is 57.5 Å². The molecule has 3 aliphatic rings. The third-order valence-corrected chi connectivity index (χ3v) is 7.09. The van der Waals surface area contributed by atoms with Crippen LogP contribution in [0.5, 0.6) is 0 Å². The second kappa shape index (κ2) is 8.31. The monoisotopic (exact) mass is 468 g/mol. The molecule has 0 radical (unpaired) electrons. The van der Waals surface area contributed by atoms with E-state index in [9.17, 15) is 9.59 Å². The Morgan fingerprint density at radius 1 is 1.15 bits per heavy atom. The number of nitrogens with zero attached hydrogens (tertiary/aromatic N) is 2. The van der Waals surface area contributed by atoms with Gasteiger partial charge in [-0.25, -0.2) is 0 Å². The molecule has 1 aromatic carbocycles. The van der Waals surface area contributed by atoms with Crippen molar-refractivity contribution in [3.05, 3.63) is 51.3 Å². The number of likely N-dealkylation sites (tertiary alicyclic amines) is 1. The first-order chi connectivity index (χ1) is 15.7. The number of aromatic amines is 1. The fraction of sp³-hybridized carbons (Fsp3) is 0.440. The summed E-state index contributed by atoms with van der Waals surface area (Å²) in [5.41, 5.74) is 5.17. The average molecular weight is 469 g/mol. The molecule has 0 spiro atoms. The van der Waals surface area contributed by atoms with Crippen molar-refractivity contribution in [2.45, 2.75) is 45.9 Å². The number of aryl methyl sites for hydroxylation is 1. The van der Waals surface area contributed by atoms with Gasteiger partial charge >= 0.3 is 0 Å². The predicted molar refractivity (Wildman–Crippen MR) is 129 cm³/mol. The molecule has 0 bridgehead atoms. The number of nitrogens with one attached hydrogen (secondary N) is 2. The molecule has 1 aromatic heterocycles. The Labute approximate surface area is 198 Å². The largest absolute Gasteiger partial charge is 0.373 e. The zero-order valence-corrected chi connectivity index (χ0v) is 20.1. The number of amides is 2. The second-order valence-electron chi connectivity index (χ2n) is 9.44. The van der Waals surface area contributed by atoms with Crippen LogP contribution in [0.2, 0.25) is 5.02 Å². The maximum absolute atomic E-state index is 13.3. The van der Waals surface area contributed by atoms with Crippen LogP contribution < -0.4 is 5.32 Å². The molecule has 2 N–H and O–H groups in total. The number of carbonyl (C=O) groups excluding carboxylic acids is 2. The summed E-state index contributed by atoms with van der Waals surface area (Å²) in [6.07, 6.45) is 2.25. The number of hydrogen-bond donors (Lipinski definition) is 2. The van der Waals surface area contributed by atoms with E-state index >= 15 is 0 Å². The van der Waals surface area contributed by atoms with E-state index in [1.165, 1.54) is 0 Å². The number of anilines is 1. The van der Waals surface area contributed by atoms with Crippen molar-refractivity contribution in [2.75, 3.05) is 31.5 Å². The van der Waals surface area contributed by atoms with Gasteiger partial charge in [0.05, 0.1) is 23.3 Å². The first-order valence-electron chi connectivity index (χ1n) is 11.4. The second-order valence-corrected chi connectivity index (χ2v) is 9.88. The minimum Gasteiger partial charge on any atom is -0.373 e. The molecular formula is C25H29ClN4O3. The van der Waals surface area contributed by atoms with Crippen LogP contribution in [0.25, 0.3) is 11.6 Å². The fourth-order valence-electron chi connectivity index (χ4n) is 5.21. The summed E-state index contributed by atoms with van der Waals surface area (Å²) >= 11 is 6.15.